The van der Waals surface area contributed by atoms with Gasteiger partial charge in [-0.25, -0.2) is 9.97 Å². The highest BCUT2D eigenvalue weighted by Crippen LogP contribution is 2.24. The molecule has 96 valence electrons. The SMILES string of the molecule is CCNc1ncnc(OCC(F)(F)F)c1CC. The van der Waals surface area contributed by atoms with Crippen LogP contribution in [-0.4, -0.2) is 29.3 Å². The Morgan fingerprint density at radius 2 is 2.00 bits per heavy atom. The van der Waals surface area contributed by atoms with Gasteiger partial charge in [0.2, 0.25) is 5.88 Å². The topological polar surface area (TPSA) is 47.0 Å². The second-order valence-corrected chi connectivity index (χ2v) is 3.29. The largest absolute Gasteiger partial charge is 0.468 e. The van der Waals surface area contributed by atoms with E-state index in [1.54, 1.807) is 6.92 Å². The second kappa shape index (κ2) is 5.70. The number of alkyl halides is 3. The summed E-state index contributed by atoms with van der Waals surface area (Å²) >= 11 is 0. The van der Waals surface area contributed by atoms with Crippen LogP contribution in [0, 0.1) is 0 Å². The monoisotopic (exact) mass is 249 g/mol. The summed E-state index contributed by atoms with van der Waals surface area (Å²) in [7, 11) is 0. The summed E-state index contributed by atoms with van der Waals surface area (Å²) in [5.41, 5.74) is 0.554. The number of nitrogens with one attached hydrogen (secondary N) is 1. The van der Waals surface area contributed by atoms with Crippen molar-refractivity contribution in [2.45, 2.75) is 26.4 Å². The molecule has 0 atom stereocenters. The molecule has 1 rings (SSSR count). The minimum absolute atomic E-state index is 0.0178. The van der Waals surface area contributed by atoms with Gasteiger partial charge < -0.3 is 10.1 Å². The first kappa shape index (κ1) is 13.5. The molecule has 17 heavy (non-hydrogen) atoms. The molecule has 0 saturated carbocycles. The third-order valence-corrected chi connectivity index (χ3v) is 1.98. The van der Waals surface area contributed by atoms with Crippen molar-refractivity contribution in [1.82, 2.24) is 9.97 Å². The molecule has 0 radical (unpaired) electrons. The number of halogens is 3. The number of nitrogens with zero attached hydrogens (tertiary/aromatic N) is 2. The van der Waals surface area contributed by atoms with Crippen molar-refractivity contribution in [2.75, 3.05) is 18.5 Å². The maximum atomic E-state index is 12.0. The molecule has 0 fully saturated rings. The minimum atomic E-state index is -4.37. The Bertz CT molecular complexity index is 368. The standard InChI is InChI=1S/C10H14F3N3O/c1-3-7-8(14-4-2)15-6-16-9(7)17-5-10(11,12)13/h6H,3-5H2,1-2H3,(H,14,15,16). The van der Waals surface area contributed by atoms with Crippen molar-refractivity contribution in [3.63, 3.8) is 0 Å². The van der Waals surface area contributed by atoms with Crippen molar-refractivity contribution in [1.29, 1.82) is 0 Å². The van der Waals surface area contributed by atoms with Crippen molar-refractivity contribution in [3.05, 3.63) is 11.9 Å². The van der Waals surface area contributed by atoms with Gasteiger partial charge in [-0.1, -0.05) is 6.92 Å². The predicted molar refractivity (Wildman–Crippen MR) is 57.1 cm³/mol. The molecular formula is C10H14F3N3O. The van der Waals surface area contributed by atoms with E-state index >= 15 is 0 Å². The fourth-order valence-corrected chi connectivity index (χ4v) is 1.31. The third-order valence-electron chi connectivity index (χ3n) is 1.98. The lowest BCUT2D eigenvalue weighted by molar-refractivity contribution is -0.154. The molecule has 0 aromatic carbocycles. The third kappa shape index (κ3) is 4.08. The highest BCUT2D eigenvalue weighted by molar-refractivity contribution is 5.48. The van der Waals surface area contributed by atoms with E-state index < -0.39 is 12.8 Å². The summed E-state index contributed by atoms with van der Waals surface area (Å²) in [4.78, 5) is 7.68. The summed E-state index contributed by atoms with van der Waals surface area (Å²) in [6.07, 6.45) is -2.69. The summed E-state index contributed by atoms with van der Waals surface area (Å²) in [5.74, 6) is 0.498. The Balaban J connectivity index is 2.87. The van der Waals surface area contributed by atoms with Gasteiger partial charge in [-0.15, -0.1) is 0 Å². The second-order valence-electron chi connectivity index (χ2n) is 3.29. The van der Waals surface area contributed by atoms with Gasteiger partial charge in [-0.3, -0.25) is 0 Å². The quantitative estimate of drug-likeness (QED) is 0.870. The molecule has 7 heteroatoms. The molecule has 1 N–H and O–H groups in total. The lowest BCUT2D eigenvalue weighted by Gasteiger charge is -2.13. The zero-order valence-corrected chi connectivity index (χ0v) is 9.64. The van der Waals surface area contributed by atoms with E-state index in [0.29, 0.717) is 24.3 Å². The van der Waals surface area contributed by atoms with Crippen LogP contribution in [0.15, 0.2) is 6.33 Å². The van der Waals surface area contributed by atoms with Crippen molar-refractivity contribution >= 4 is 5.82 Å². The van der Waals surface area contributed by atoms with Gasteiger partial charge in [0.15, 0.2) is 6.61 Å². The molecule has 0 bridgehead atoms. The molecule has 0 saturated heterocycles. The number of hydrogen-bond acceptors (Lipinski definition) is 4. The molecule has 1 aromatic rings. The lowest BCUT2D eigenvalue weighted by Crippen LogP contribution is -2.20. The maximum absolute atomic E-state index is 12.0. The summed E-state index contributed by atoms with van der Waals surface area (Å²) in [6.45, 7) is 2.96. The minimum Gasteiger partial charge on any atom is -0.468 e. The van der Waals surface area contributed by atoms with Crippen molar-refractivity contribution < 1.29 is 17.9 Å². The van der Waals surface area contributed by atoms with Crippen molar-refractivity contribution in [2.24, 2.45) is 0 Å². The van der Waals surface area contributed by atoms with Crippen LogP contribution in [0.1, 0.15) is 19.4 Å². The van der Waals surface area contributed by atoms with Gasteiger partial charge in [0.1, 0.15) is 12.1 Å². The van der Waals surface area contributed by atoms with E-state index in [4.69, 9.17) is 0 Å². The Morgan fingerprint density at radius 3 is 2.53 bits per heavy atom. The smallest absolute Gasteiger partial charge is 0.422 e. The van der Waals surface area contributed by atoms with Crippen molar-refractivity contribution in [3.8, 4) is 5.88 Å². The highest BCUT2D eigenvalue weighted by Gasteiger charge is 2.29. The van der Waals surface area contributed by atoms with E-state index in [0.717, 1.165) is 0 Å². The molecule has 0 aliphatic heterocycles. The number of ether oxygens (including phenoxy) is 1. The first-order valence-electron chi connectivity index (χ1n) is 5.25. The van der Waals surface area contributed by atoms with Gasteiger partial charge in [-0.05, 0) is 13.3 Å². The number of hydrogen-bond donors (Lipinski definition) is 1. The Morgan fingerprint density at radius 1 is 1.29 bits per heavy atom. The van der Waals surface area contributed by atoms with E-state index in [1.165, 1.54) is 6.33 Å². The summed E-state index contributed by atoms with van der Waals surface area (Å²) < 4.78 is 40.8. The number of aromatic nitrogens is 2. The summed E-state index contributed by atoms with van der Waals surface area (Å²) in [5, 5.41) is 2.95. The van der Waals surface area contributed by atoms with E-state index in [1.807, 2.05) is 6.92 Å². The molecule has 0 unspecified atom stereocenters. The molecule has 1 heterocycles. The fourth-order valence-electron chi connectivity index (χ4n) is 1.31. The van der Waals surface area contributed by atoms with Gasteiger partial charge in [0.05, 0.1) is 5.56 Å². The Kier molecular flexibility index (Phi) is 4.53. The summed E-state index contributed by atoms with van der Waals surface area (Å²) in [6, 6.07) is 0. The number of rotatable bonds is 5. The first-order valence-corrected chi connectivity index (χ1v) is 5.25. The van der Waals surface area contributed by atoms with E-state index in [2.05, 4.69) is 20.0 Å². The average Bonchev–Trinajstić information content (AvgIpc) is 2.26. The van der Waals surface area contributed by atoms with Gasteiger partial charge in [0, 0.05) is 6.54 Å². The van der Waals surface area contributed by atoms with Crippen LogP contribution in [0.2, 0.25) is 0 Å². The maximum Gasteiger partial charge on any atom is 0.422 e. The van der Waals surface area contributed by atoms with E-state index in [9.17, 15) is 13.2 Å². The zero-order chi connectivity index (χ0) is 12.9. The molecule has 1 aromatic heterocycles. The normalized spacial score (nSPS) is 11.4. The van der Waals surface area contributed by atoms with Gasteiger partial charge in [0.25, 0.3) is 0 Å². The number of anilines is 1. The molecule has 0 spiro atoms. The van der Waals surface area contributed by atoms with Crippen LogP contribution in [0.3, 0.4) is 0 Å². The first-order chi connectivity index (χ1) is 7.98. The average molecular weight is 249 g/mol. The lowest BCUT2D eigenvalue weighted by atomic mass is 10.2. The Labute approximate surface area is 97.2 Å². The molecule has 0 amide bonds. The zero-order valence-electron chi connectivity index (χ0n) is 9.64. The van der Waals surface area contributed by atoms with Crippen LogP contribution in [0.5, 0.6) is 5.88 Å². The van der Waals surface area contributed by atoms with Crippen LogP contribution in [0.25, 0.3) is 0 Å². The van der Waals surface area contributed by atoms with Crippen LogP contribution >= 0.6 is 0 Å². The fraction of sp³-hybridized carbons (Fsp3) is 0.600. The van der Waals surface area contributed by atoms with Gasteiger partial charge in [-0.2, -0.15) is 13.2 Å². The highest BCUT2D eigenvalue weighted by atomic mass is 19.4. The van der Waals surface area contributed by atoms with Crippen LogP contribution < -0.4 is 10.1 Å². The molecule has 0 aliphatic carbocycles. The molecule has 0 aliphatic rings. The molecule has 4 nitrogen and oxygen atoms in total. The van der Waals surface area contributed by atoms with Gasteiger partial charge >= 0.3 is 6.18 Å². The van der Waals surface area contributed by atoms with Crippen LogP contribution in [-0.2, 0) is 6.42 Å². The molecular weight excluding hydrogens is 235 g/mol. The Hall–Kier alpha value is -1.53. The predicted octanol–water partition coefficient (Wildman–Crippen LogP) is 2.41. The van der Waals surface area contributed by atoms with E-state index in [-0.39, 0.29) is 5.88 Å². The van der Waals surface area contributed by atoms with Crippen LogP contribution in [0.4, 0.5) is 19.0 Å².